The van der Waals surface area contributed by atoms with Crippen LogP contribution >= 0.6 is 23.2 Å². The monoisotopic (exact) mass is 342 g/mol. The Labute approximate surface area is 140 Å². The van der Waals surface area contributed by atoms with E-state index in [0.29, 0.717) is 34.7 Å². The molecule has 1 aliphatic heterocycles. The van der Waals surface area contributed by atoms with E-state index in [1.807, 2.05) is 0 Å². The normalized spacial score (nSPS) is 18.1. The Morgan fingerprint density at radius 1 is 1.41 bits per heavy atom. The number of nitrogens with zero attached hydrogens (tertiary/aromatic N) is 1. The SMILES string of the molecule is CC(C)CCNC(=O)C1CC(=O)N(c2ccc(Cl)cc2Cl)C1. The van der Waals surface area contributed by atoms with Crippen LogP contribution in [-0.2, 0) is 9.59 Å². The molecule has 4 nitrogen and oxygen atoms in total. The minimum absolute atomic E-state index is 0.0680. The molecule has 2 rings (SSSR count). The van der Waals surface area contributed by atoms with E-state index < -0.39 is 0 Å². The van der Waals surface area contributed by atoms with Crippen molar-refractivity contribution in [2.24, 2.45) is 11.8 Å². The van der Waals surface area contributed by atoms with Crippen molar-refractivity contribution >= 4 is 40.7 Å². The summed E-state index contributed by atoms with van der Waals surface area (Å²) in [6.07, 6.45) is 1.14. The van der Waals surface area contributed by atoms with Crippen LogP contribution in [0.25, 0.3) is 0 Å². The highest BCUT2D eigenvalue weighted by atomic mass is 35.5. The van der Waals surface area contributed by atoms with Crippen LogP contribution in [0.4, 0.5) is 5.69 Å². The molecular formula is C16H20Cl2N2O2. The molecule has 120 valence electrons. The quantitative estimate of drug-likeness (QED) is 0.889. The van der Waals surface area contributed by atoms with Crippen LogP contribution in [0.1, 0.15) is 26.7 Å². The summed E-state index contributed by atoms with van der Waals surface area (Å²) in [6, 6.07) is 5.00. The van der Waals surface area contributed by atoms with E-state index in [-0.39, 0.29) is 24.2 Å². The van der Waals surface area contributed by atoms with Crippen molar-refractivity contribution in [1.82, 2.24) is 5.32 Å². The number of amides is 2. The number of halogens is 2. The third kappa shape index (κ3) is 4.14. The molecule has 1 unspecified atom stereocenters. The number of nitrogens with one attached hydrogen (secondary N) is 1. The fourth-order valence-corrected chi connectivity index (χ4v) is 2.96. The fourth-order valence-electron chi connectivity index (χ4n) is 2.44. The maximum atomic E-state index is 12.2. The molecule has 2 amide bonds. The second-order valence-electron chi connectivity index (χ2n) is 5.97. The molecular weight excluding hydrogens is 323 g/mol. The molecule has 0 spiro atoms. The molecule has 1 heterocycles. The highest BCUT2D eigenvalue weighted by Gasteiger charge is 2.35. The third-order valence-electron chi connectivity index (χ3n) is 3.72. The molecule has 0 aromatic heterocycles. The number of anilines is 1. The molecule has 6 heteroatoms. The van der Waals surface area contributed by atoms with Crippen LogP contribution in [-0.4, -0.2) is 24.9 Å². The van der Waals surface area contributed by atoms with Crippen LogP contribution in [0.15, 0.2) is 18.2 Å². The van der Waals surface area contributed by atoms with Crippen molar-refractivity contribution in [3.05, 3.63) is 28.2 Å². The summed E-state index contributed by atoms with van der Waals surface area (Å²) in [6.45, 7) is 5.21. The van der Waals surface area contributed by atoms with Gasteiger partial charge in [-0.2, -0.15) is 0 Å². The lowest BCUT2D eigenvalue weighted by Crippen LogP contribution is -2.34. The van der Waals surface area contributed by atoms with E-state index in [0.717, 1.165) is 6.42 Å². The number of rotatable bonds is 5. The summed E-state index contributed by atoms with van der Waals surface area (Å²) in [5.41, 5.74) is 0.605. The minimum Gasteiger partial charge on any atom is -0.356 e. The minimum atomic E-state index is -0.327. The van der Waals surface area contributed by atoms with Gasteiger partial charge in [-0.25, -0.2) is 0 Å². The molecule has 1 aromatic carbocycles. The fraction of sp³-hybridized carbons (Fsp3) is 0.500. The highest BCUT2D eigenvalue weighted by molar-refractivity contribution is 6.36. The van der Waals surface area contributed by atoms with Gasteiger partial charge in [0.1, 0.15) is 0 Å². The molecule has 0 aliphatic carbocycles. The lowest BCUT2D eigenvalue weighted by atomic mass is 10.1. The summed E-state index contributed by atoms with van der Waals surface area (Å²) in [5.74, 6) is 0.0520. The molecule has 22 heavy (non-hydrogen) atoms. The Kier molecular flexibility index (Phi) is 5.70. The predicted molar refractivity (Wildman–Crippen MR) is 89.4 cm³/mol. The lowest BCUT2D eigenvalue weighted by molar-refractivity contribution is -0.126. The van der Waals surface area contributed by atoms with Crippen molar-refractivity contribution in [2.75, 3.05) is 18.0 Å². The molecule has 1 aliphatic rings. The number of hydrogen-bond donors (Lipinski definition) is 1. The Balaban J connectivity index is 2.00. The van der Waals surface area contributed by atoms with Gasteiger partial charge < -0.3 is 10.2 Å². The van der Waals surface area contributed by atoms with E-state index in [1.165, 1.54) is 0 Å². The highest BCUT2D eigenvalue weighted by Crippen LogP contribution is 2.33. The van der Waals surface area contributed by atoms with Crippen molar-refractivity contribution in [2.45, 2.75) is 26.7 Å². The number of carbonyl (C=O) groups is 2. The second-order valence-corrected chi connectivity index (χ2v) is 6.82. The summed E-state index contributed by atoms with van der Waals surface area (Å²) in [4.78, 5) is 25.9. The first-order valence-electron chi connectivity index (χ1n) is 7.41. The van der Waals surface area contributed by atoms with Gasteiger partial charge in [-0.15, -0.1) is 0 Å². The third-order valence-corrected chi connectivity index (χ3v) is 4.26. The smallest absolute Gasteiger partial charge is 0.227 e. The van der Waals surface area contributed by atoms with Crippen molar-refractivity contribution in [3.8, 4) is 0 Å². The maximum Gasteiger partial charge on any atom is 0.227 e. The van der Waals surface area contributed by atoms with Gasteiger partial charge in [0.15, 0.2) is 0 Å². The van der Waals surface area contributed by atoms with Gasteiger partial charge in [0.05, 0.1) is 16.6 Å². The second kappa shape index (κ2) is 7.34. The molecule has 0 saturated carbocycles. The number of hydrogen-bond acceptors (Lipinski definition) is 2. The first kappa shape index (κ1) is 17.1. The van der Waals surface area contributed by atoms with Crippen LogP contribution in [0, 0.1) is 11.8 Å². The zero-order valence-corrected chi connectivity index (χ0v) is 14.2. The first-order valence-corrected chi connectivity index (χ1v) is 8.17. The molecule has 1 fully saturated rings. The van der Waals surface area contributed by atoms with Gasteiger partial charge >= 0.3 is 0 Å². The largest absolute Gasteiger partial charge is 0.356 e. The zero-order valence-electron chi connectivity index (χ0n) is 12.7. The van der Waals surface area contributed by atoms with Crippen molar-refractivity contribution in [1.29, 1.82) is 0 Å². The topological polar surface area (TPSA) is 49.4 Å². The van der Waals surface area contributed by atoms with Gasteiger partial charge in [0, 0.05) is 24.5 Å². The first-order chi connectivity index (χ1) is 10.4. The zero-order chi connectivity index (χ0) is 16.3. The Bertz CT molecular complexity index is 575. The average molecular weight is 343 g/mol. The lowest BCUT2D eigenvalue weighted by Gasteiger charge is -2.18. The van der Waals surface area contributed by atoms with E-state index >= 15 is 0 Å². The van der Waals surface area contributed by atoms with Gasteiger partial charge in [-0.1, -0.05) is 37.0 Å². The molecule has 0 bridgehead atoms. The maximum absolute atomic E-state index is 12.2. The summed E-state index contributed by atoms with van der Waals surface area (Å²) in [7, 11) is 0. The molecule has 0 radical (unpaired) electrons. The van der Waals surface area contributed by atoms with Crippen LogP contribution in [0.3, 0.4) is 0 Å². The molecule has 1 aromatic rings. The van der Waals surface area contributed by atoms with E-state index in [1.54, 1.807) is 23.1 Å². The molecule has 1 saturated heterocycles. The van der Waals surface area contributed by atoms with Gasteiger partial charge in [0.2, 0.25) is 11.8 Å². The standard InChI is InChI=1S/C16H20Cl2N2O2/c1-10(2)5-6-19-16(22)11-7-15(21)20(9-11)14-4-3-12(17)8-13(14)18/h3-4,8,10-11H,5-7,9H2,1-2H3,(H,19,22). The van der Waals surface area contributed by atoms with Gasteiger partial charge in [-0.3, -0.25) is 9.59 Å². The van der Waals surface area contributed by atoms with Crippen LogP contribution < -0.4 is 10.2 Å². The van der Waals surface area contributed by atoms with Crippen molar-refractivity contribution < 1.29 is 9.59 Å². The number of carbonyl (C=O) groups excluding carboxylic acids is 2. The Hall–Kier alpha value is -1.26. The van der Waals surface area contributed by atoms with Crippen LogP contribution in [0.2, 0.25) is 10.0 Å². The Morgan fingerprint density at radius 3 is 2.77 bits per heavy atom. The average Bonchev–Trinajstić information content (AvgIpc) is 2.80. The van der Waals surface area contributed by atoms with E-state index in [4.69, 9.17) is 23.2 Å². The molecule has 1 atom stereocenters. The van der Waals surface area contributed by atoms with Gasteiger partial charge in [-0.05, 0) is 30.5 Å². The Morgan fingerprint density at radius 2 is 2.14 bits per heavy atom. The predicted octanol–water partition coefficient (Wildman–Crippen LogP) is 3.51. The van der Waals surface area contributed by atoms with Crippen molar-refractivity contribution in [3.63, 3.8) is 0 Å². The van der Waals surface area contributed by atoms with E-state index in [2.05, 4.69) is 19.2 Å². The number of benzene rings is 1. The summed E-state index contributed by atoms with van der Waals surface area (Å²) < 4.78 is 0. The van der Waals surface area contributed by atoms with E-state index in [9.17, 15) is 9.59 Å². The summed E-state index contributed by atoms with van der Waals surface area (Å²) in [5, 5.41) is 3.84. The molecule has 1 N–H and O–H groups in total. The van der Waals surface area contributed by atoms with Crippen LogP contribution in [0.5, 0.6) is 0 Å². The van der Waals surface area contributed by atoms with Gasteiger partial charge in [0.25, 0.3) is 0 Å². The summed E-state index contributed by atoms with van der Waals surface area (Å²) >= 11 is 12.0.